The zero-order valence-corrected chi connectivity index (χ0v) is 13.0. The molecule has 1 saturated heterocycles. The molecule has 0 spiro atoms. The number of hydrogen-bond acceptors (Lipinski definition) is 2. The highest BCUT2D eigenvalue weighted by atomic mass is 35.5. The van der Waals surface area contributed by atoms with Gasteiger partial charge >= 0.3 is 0 Å². The predicted molar refractivity (Wildman–Crippen MR) is 86.9 cm³/mol. The zero-order valence-electron chi connectivity index (χ0n) is 12.2. The Bertz CT molecular complexity index is 697. The van der Waals surface area contributed by atoms with Crippen molar-refractivity contribution in [2.75, 3.05) is 4.90 Å². The minimum Gasteiger partial charge on any atom is -0.274 e. The highest BCUT2D eigenvalue weighted by Crippen LogP contribution is 2.35. The molecule has 2 amide bonds. The fourth-order valence-electron chi connectivity index (χ4n) is 2.90. The third-order valence-corrected chi connectivity index (χ3v) is 4.45. The Morgan fingerprint density at radius 2 is 1.68 bits per heavy atom. The van der Waals surface area contributed by atoms with E-state index in [1.54, 1.807) is 24.3 Å². The van der Waals surface area contributed by atoms with Crippen molar-refractivity contribution < 1.29 is 9.59 Å². The number of nitrogens with zero attached hydrogens (tertiary/aromatic N) is 1. The molecule has 1 fully saturated rings. The van der Waals surface area contributed by atoms with Gasteiger partial charge in [0.25, 0.3) is 0 Å². The lowest BCUT2D eigenvalue weighted by atomic mass is 9.86. The van der Waals surface area contributed by atoms with E-state index < -0.39 is 0 Å². The van der Waals surface area contributed by atoms with E-state index >= 15 is 0 Å². The molecule has 0 saturated carbocycles. The van der Waals surface area contributed by atoms with Gasteiger partial charge in [-0.05, 0) is 35.7 Å². The third kappa shape index (κ3) is 2.64. The molecule has 3 nitrogen and oxygen atoms in total. The molecular weight excluding hydrogens is 298 g/mol. The molecule has 2 atom stereocenters. The van der Waals surface area contributed by atoms with Gasteiger partial charge in [-0.2, -0.15) is 0 Å². The maximum absolute atomic E-state index is 12.7. The molecule has 0 radical (unpaired) electrons. The Balaban J connectivity index is 1.87. The van der Waals surface area contributed by atoms with Gasteiger partial charge in [-0.3, -0.25) is 14.5 Å². The lowest BCUT2D eigenvalue weighted by Gasteiger charge is -2.19. The first kappa shape index (κ1) is 14.8. The van der Waals surface area contributed by atoms with Gasteiger partial charge < -0.3 is 0 Å². The minimum atomic E-state index is -0.314. The summed E-state index contributed by atoms with van der Waals surface area (Å²) in [5.74, 6) is -0.593. The van der Waals surface area contributed by atoms with Gasteiger partial charge in [-0.1, -0.05) is 48.9 Å². The molecule has 0 aromatic heterocycles. The maximum Gasteiger partial charge on any atom is 0.237 e. The Morgan fingerprint density at radius 1 is 1.05 bits per heavy atom. The standard InChI is InChI=1S/C18H16ClNO2/c1-12(13-5-3-2-4-6-13)16-11-17(21)20(18(16)22)15-9-7-14(19)8-10-15/h2-10,12,16H,11H2,1H3/t12-,16-/m0/s1. The molecule has 0 bridgehead atoms. The molecule has 4 heteroatoms. The van der Waals surface area contributed by atoms with E-state index in [1.807, 2.05) is 37.3 Å². The normalized spacial score (nSPS) is 19.5. The zero-order chi connectivity index (χ0) is 15.7. The van der Waals surface area contributed by atoms with Crippen molar-refractivity contribution in [2.45, 2.75) is 19.3 Å². The summed E-state index contributed by atoms with van der Waals surface area (Å²) in [5, 5.41) is 0.581. The van der Waals surface area contributed by atoms with Crippen molar-refractivity contribution in [3.05, 3.63) is 65.2 Å². The first-order valence-electron chi connectivity index (χ1n) is 7.25. The van der Waals surface area contributed by atoms with Gasteiger partial charge in [0.1, 0.15) is 0 Å². The van der Waals surface area contributed by atoms with E-state index in [1.165, 1.54) is 4.90 Å². The summed E-state index contributed by atoms with van der Waals surface area (Å²) in [6.45, 7) is 2.00. The molecule has 0 N–H and O–H groups in total. The lowest BCUT2D eigenvalue weighted by Crippen LogP contribution is -2.31. The molecule has 2 aromatic carbocycles. The van der Waals surface area contributed by atoms with Crippen LogP contribution in [0.4, 0.5) is 5.69 Å². The van der Waals surface area contributed by atoms with Crippen LogP contribution in [0.2, 0.25) is 5.02 Å². The van der Waals surface area contributed by atoms with E-state index in [2.05, 4.69) is 0 Å². The SMILES string of the molecule is C[C@@H](c1ccccc1)[C@@H]1CC(=O)N(c2ccc(Cl)cc2)C1=O. The smallest absolute Gasteiger partial charge is 0.237 e. The van der Waals surface area contributed by atoms with Crippen molar-refractivity contribution in [1.82, 2.24) is 0 Å². The minimum absolute atomic E-state index is 0.00921. The van der Waals surface area contributed by atoms with Crippen LogP contribution in [0.1, 0.15) is 24.8 Å². The number of carbonyl (C=O) groups is 2. The Kier molecular flexibility index (Phi) is 3.99. The second kappa shape index (κ2) is 5.93. The quantitative estimate of drug-likeness (QED) is 0.802. The van der Waals surface area contributed by atoms with E-state index in [0.29, 0.717) is 10.7 Å². The van der Waals surface area contributed by atoms with Crippen molar-refractivity contribution in [1.29, 1.82) is 0 Å². The fraction of sp³-hybridized carbons (Fsp3) is 0.222. The van der Waals surface area contributed by atoms with Gasteiger partial charge in [0.2, 0.25) is 11.8 Å². The molecule has 0 aliphatic carbocycles. The van der Waals surface area contributed by atoms with Gasteiger partial charge in [-0.15, -0.1) is 0 Å². The second-order valence-electron chi connectivity index (χ2n) is 5.55. The predicted octanol–water partition coefficient (Wildman–Crippen LogP) is 4.02. The van der Waals surface area contributed by atoms with Crippen LogP contribution in [0.5, 0.6) is 0 Å². The molecule has 0 unspecified atom stereocenters. The van der Waals surface area contributed by atoms with Gasteiger partial charge in [0.15, 0.2) is 0 Å². The molecule has 22 heavy (non-hydrogen) atoms. The number of rotatable bonds is 3. The Labute approximate surface area is 134 Å². The van der Waals surface area contributed by atoms with Crippen molar-refractivity contribution in [2.24, 2.45) is 5.92 Å². The summed E-state index contributed by atoms with van der Waals surface area (Å²) in [7, 11) is 0. The van der Waals surface area contributed by atoms with Crippen LogP contribution in [0, 0.1) is 5.92 Å². The maximum atomic E-state index is 12.7. The monoisotopic (exact) mass is 313 g/mol. The summed E-state index contributed by atoms with van der Waals surface area (Å²) < 4.78 is 0. The molecule has 3 rings (SSSR count). The second-order valence-corrected chi connectivity index (χ2v) is 5.99. The first-order chi connectivity index (χ1) is 10.6. The summed E-state index contributed by atoms with van der Waals surface area (Å²) in [4.78, 5) is 26.3. The van der Waals surface area contributed by atoms with Gasteiger partial charge in [0.05, 0.1) is 11.6 Å². The van der Waals surface area contributed by atoms with Crippen LogP contribution in [-0.2, 0) is 9.59 Å². The topological polar surface area (TPSA) is 37.4 Å². The van der Waals surface area contributed by atoms with Gasteiger partial charge in [0, 0.05) is 11.4 Å². The number of anilines is 1. The van der Waals surface area contributed by atoms with E-state index in [9.17, 15) is 9.59 Å². The molecule has 1 heterocycles. The highest BCUT2D eigenvalue weighted by molar-refractivity contribution is 6.30. The van der Waals surface area contributed by atoms with E-state index in [-0.39, 0.29) is 30.1 Å². The van der Waals surface area contributed by atoms with Crippen LogP contribution >= 0.6 is 11.6 Å². The van der Waals surface area contributed by atoms with Crippen LogP contribution < -0.4 is 4.90 Å². The van der Waals surface area contributed by atoms with Crippen molar-refractivity contribution >= 4 is 29.1 Å². The van der Waals surface area contributed by atoms with E-state index in [0.717, 1.165) is 5.56 Å². The molecule has 112 valence electrons. The van der Waals surface area contributed by atoms with Crippen molar-refractivity contribution in [3.63, 3.8) is 0 Å². The van der Waals surface area contributed by atoms with Crippen LogP contribution in [-0.4, -0.2) is 11.8 Å². The van der Waals surface area contributed by atoms with Crippen LogP contribution in [0.25, 0.3) is 0 Å². The summed E-state index contributed by atoms with van der Waals surface area (Å²) in [6, 6.07) is 16.6. The number of hydrogen-bond donors (Lipinski definition) is 0. The average Bonchev–Trinajstić information content (AvgIpc) is 2.83. The van der Waals surface area contributed by atoms with Crippen LogP contribution in [0.3, 0.4) is 0 Å². The van der Waals surface area contributed by atoms with Crippen molar-refractivity contribution in [3.8, 4) is 0 Å². The third-order valence-electron chi connectivity index (χ3n) is 4.20. The number of imide groups is 1. The lowest BCUT2D eigenvalue weighted by molar-refractivity contribution is -0.122. The Hall–Kier alpha value is -2.13. The molecule has 1 aliphatic heterocycles. The van der Waals surface area contributed by atoms with E-state index in [4.69, 9.17) is 11.6 Å². The summed E-state index contributed by atoms with van der Waals surface area (Å²) in [5.41, 5.74) is 1.66. The molecular formula is C18H16ClNO2. The summed E-state index contributed by atoms with van der Waals surface area (Å²) in [6.07, 6.45) is 0.248. The summed E-state index contributed by atoms with van der Waals surface area (Å²) >= 11 is 5.86. The number of halogens is 1. The molecule has 1 aliphatic rings. The fourth-order valence-corrected chi connectivity index (χ4v) is 3.02. The average molecular weight is 314 g/mol. The number of carbonyl (C=O) groups excluding carboxylic acids is 2. The van der Waals surface area contributed by atoms with Crippen LogP contribution in [0.15, 0.2) is 54.6 Å². The molecule has 2 aromatic rings. The largest absolute Gasteiger partial charge is 0.274 e. The first-order valence-corrected chi connectivity index (χ1v) is 7.63. The number of amides is 2. The van der Waals surface area contributed by atoms with Gasteiger partial charge in [-0.25, -0.2) is 0 Å². The Morgan fingerprint density at radius 3 is 2.32 bits per heavy atom. The number of benzene rings is 2. The highest BCUT2D eigenvalue weighted by Gasteiger charge is 2.42.